The lowest BCUT2D eigenvalue weighted by Crippen LogP contribution is -2.35. The van der Waals surface area contributed by atoms with Crippen molar-refractivity contribution in [2.45, 2.75) is 0 Å². The highest BCUT2D eigenvalue weighted by molar-refractivity contribution is 7.20. The quantitative estimate of drug-likeness (QED) is 0.701. The van der Waals surface area contributed by atoms with Crippen LogP contribution in [0.4, 0.5) is 0 Å². The van der Waals surface area contributed by atoms with Gasteiger partial charge in [-0.3, -0.25) is 9.89 Å². The summed E-state index contributed by atoms with van der Waals surface area (Å²) in [4.78, 5) is 16.7. The maximum Gasteiger partial charge on any atom is 0.283 e. The van der Waals surface area contributed by atoms with E-state index in [1.807, 2.05) is 24.3 Å². The number of aromatic amines is 1. The number of nitrogens with one attached hydrogen (secondary N) is 1. The first-order valence-electron chi connectivity index (χ1n) is 5.86. The Morgan fingerprint density at radius 2 is 2.05 bits per heavy atom. The predicted molar refractivity (Wildman–Crippen MR) is 79.0 cm³/mol. The highest BCUT2D eigenvalue weighted by Crippen LogP contribution is 2.22. The van der Waals surface area contributed by atoms with Crippen LogP contribution >= 0.6 is 11.3 Å². The molecule has 7 heteroatoms. The summed E-state index contributed by atoms with van der Waals surface area (Å²) in [5.74, 6) is 0. The van der Waals surface area contributed by atoms with E-state index in [2.05, 4.69) is 16.7 Å². The van der Waals surface area contributed by atoms with Gasteiger partial charge in [-0.05, 0) is 12.1 Å². The number of para-hydroxylation sites is 1. The van der Waals surface area contributed by atoms with Crippen LogP contribution in [0.15, 0.2) is 29.1 Å². The molecule has 3 rings (SSSR count). The van der Waals surface area contributed by atoms with Crippen molar-refractivity contribution < 1.29 is 0 Å². The molecule has 0 saturated carbocycles. The molecule has 1 N–H and O–H groups in total. The van der Waals surface area contributed by atoms with Crippen LogP contribution < -0.4 is 16.1 Å². The van der Waals surface area contributed by atoms with Crippen LogP contribution in [0.3, 0.4) is 0 Å². The first-order chi connectivity index (χ1) is 10.2. The Morgan fingerprint density at radius 3 is 2.71 bits per heavy atom. The second-order valence-electron chi connectivity index (χ2n) is 4.17. The van der Waals surface area contributed by atoms with Gasteiger partial charge >= 0.3 is 0 Å². The number of H-pyrrole nitrogens is 1. The summed E-state index contributed by atoms with van der Waals surface area (Å²) < 4.78 is 2.14. The van der Waals surface area contributed by atoms with E-state index in [1.165, 1.54) is 16.0 Å². The summed E-state index contributed by atoms with van der Waals surface area (Å²) in [5.41, 5.74) is 0.00852. The van der Waals surface area contributed by atoms with E-state index < -0.39 is 5.56 Å². The molecule has 6 nitrogen and oxygen atoms in total. The smallest absolute Gasteiger partial charge is 0.283 e. The van der Waals surface area contributed by atoms with E-state index in [9.17, 15) is 4.79 Å². The van der Waals surface area contributed by atoms with Gasteiger partial charge in [0.15, 0.2) is 0 Å². The number of rotatable bonds is 1. The van der Waals surface area contributed by atoms with Crippen molar-refractivity contribution in [3.63, 3.8) is 0 Å². The topological polar surface area (TPSA) is 98.3 Å². The van der Waals surface area contributed by atoms with E-state index in [-0.39, 0.29) is 16.1 Å². The number of nitriles is 2. The number of nitrogens with zero attached hydrogens (tertiary/aromatic N) is 4. The lowest BCUT2D eigenvalue weighted by atomic mass is 10.2. The predicted octanol–water partition coefficient (Wildman–Crippen LogP) is 0.383. The maximum absolute atomic E-state index is 12.4. The monoisotopic (exact) mass is 293 g/mol. The van der Waals surface area contributed by atoms with Crippen molar-refractivity contribution in [3.8, 4) is 17.3 Å². The molecule has 0 aliphatic heterocycles. The van der Waals surface area contributed by atoms with Gasteiger partial charge in [-0.2, -0.15) is 15.2 Å². The molecule has 0 bridgehead atoms. The van der Waals surface area contributed by atoms with Gasteiger partial charge in [0.05, 0.1) is 20.8 Å². The molecule has 0 aliphatic carbocycles. The van der Waals surface area contributed by atoms with Crippen LogP contribution in [0.1, 0.15) is 0 Å². The lowest BCUT2D eigenvalue weighted by Gasteiger charge is -1.91. The Labute approximate surface area is 122 Å². The number of hydrogen-bond donors (Lipinski definition) is 1. The third kappa shape index (κ3) is 1.93. The Hall–Kier alpha value is -3.16. The standard InChI is InChI=1S/C14H7N5OS/c1-8-12(9(6-15)7-16)13(20)19(18-8)14-17-10-4-2-3-5-11(10)21-14/h2-5,18H,1H2. The lowest BCUT2D eigenvalue weighted by molar-refractivity contribution is 0.832. The Morgan fingerprint density at radius 1 is 1.33 bits per heavy atom. The van der Waals surface area contributed by atoms with Crippen LogP contribution in [0.2, 0.25) is 0 Å². The molecule has 0 amide bonds. The van der Waals surface area contributed by atoms with Gasteiger partial charge in [-0.15, -0.1) is 0 Å². The summed E-state index contributed by atoms with van der Waals surface area (Å²) in [7, 11) is 0. The maximum atomic E-state index is 12.4. The molecule has 1 aromatic carbocycles. The van der Waals surface area contributed by atoms with Gasteiger partial charge in [0, 0.05) is 0 Å². The van der Waals surface area contributed by atoms with Crippen LogP contribution in [0, 0.1) is 22.7 Å². The molecule has 3 aromatic rings. The molecule has 0 aliphatic rings. The highest BCUT2D eigenvalue weighted by Gasteiger charge is 2.12. The van der Waals surface area contributed by atoms with Crippen molar-refractivity contribution in [2.24, 2.45) is 0 Å². The first-order valence-corrected chi connectivity index (χ1v) is 6.68. The van der Waals surface area contributed by atoms with E-state index >= 15 is 0 Å². The average Bonchev–Trinajstić information content (AvgIpc) is 3.03. The van der Waals surface area contributed by atoms with Crippen LogP contribution in [-0.2, 0) is 0 Å². The molecular formula is C14H7N5OS. The number of benzene rings is 1. The summed E-state index contributed by atoms with van der Waals surface area (Å²) in [6, 6.07) is 10.9. The second kappa shape index (κ2) is 4.75. The SMILES string of the molecule is C=c1[nH]n(-c2nc3ccccc3s2)c(=O)c1=C(C#N)C#N. The summed E-state index contributed by atoms with van der Waals surface area (Å²) in [6.07, 6.45) is 0. The minimum Gasteiger partial charge on any atom is -0.289 e. The molecule has 2 aromatic heterocycles. The van der Waals surface area contributed by atoms with Crippen LogP contribution in [-0.4, -0.2) is 14.8 Å². The van der Waals surface area contributed by atoms with Crippen molar-refractivity contribution in [1.82, 2.24) is 14.8 Å². The zero-order valence-electron chi connectivity index (χ0n) is 10.6. The Balaban J connectivity index is 2.37. The van der Waals surface area contributed by atoms with Crippen LogP contribution in [0.25, 0.3) is 27.5 Å². The molecule has 21 heavy (non-hydrogen) atoms. The molecule has 0 spiro atoms. The first kappa shape index (κ1) is 12.9. The van der Waals surface area contributed by atoms with Crippen LogP contribution in [0.5, 0.6) is 0 Å². The molecule has 0 fully saturated rings. The van der Waals surface area contributed by atoms with Crippen molar-refractivity contribution in [2.75, 3.05) is 0 Å². The molecule has 0 atom stereocenters. The normalized spacial score (nSPS) is 10.2. The fourth-order valence-electron chi connectivity index (χ4n) is 1.97. The van der Waals surface area contributed by atoms with E-state index in [0.29, 0.717) is 5.13 Å². The van der Waals surface area contributed by atoms with Crippen molar-refractivity contribution in [1.29, 1.82) is 10.5 Å². The molecule has 2 heterocycles. The molecule has 0 saturated heterocycles. The Bertz CT molecular complexity index is 1050. The fourth-order valence-corrected chi connectivity index (χ4v) is 2.89. The van der Waals surface area contributed by atoms with Crippen molar-refractivity contribution >= 4 is 33.7 Å². The van der Waals surface area contributed by atoms with Gasteiger partial charge in [0.2, 0.25) is 5.13 Å². The average molecular weight is 293 g/mol. The second-order valence-corrected chi connectivity index (χ2v) is 5.18. The van der Waals surface area contributed by atoms with Gasteiger partial charge in [-0.25, -0.2) is 4.98 Å². The molecule has 100 valence electrons. The van der Waals surface area contributed by atoms with E-state index in [4.69, 9.17) is 10.5 Å². The minimum absolute atomic E-state index is 0.0146. The van der Waals surface area contributed by atoms with E-state index in [1.54, 1.807) is 12.1 Å². The van der Waals surface area contributed by atoms with Gasteiger partial charge in [0.1, 0.15) is 17.7 Å². The van der Waals surface area contributed by atoms with Gasteiger partial charge in [0.25, 0.3) is 5.56 Å². The third-order valence-electron chi connectivity index (χ3n) is 2.91. The summed E-state index contributed by atoms with van der Waals surface area (Å²) >= 11 is 1.33. The zero-order valence-corrected chi connectivity index (χ0v) is 11.4. The third-order valence-corrected chi connectivity index (χ3v) is 3.93. The number of fused-ring (bicyclic) bond motifs is 1. The largest absolute Gasteiger partial charge is 0.289 e. The zero-order chi connectivity index (χ0) is 15.0. The fraction of sp³-hybridized carbons (Fsp3) is 0. The minimum atomic E-state index is -0.503. The number of thiazole rings is 1. The van der Waals surface area contributed by atoms with Gasteiger partial charge in [-0.1, -0.05) is 30.0 Å². The number of aromatic nitrogens is 3. The molecule has 0 unspecified atom stereocenters. The Kier molecular flexibility index (Phi) is 2.90. The highest BCUT2D eigenvalue weighted by atomic mass is 32.1. The summed E-state index contributed by atoms with van der Waals surface area (Å²) in [6.45, 7) is 3.68. The summed E-state index contributed by atoms with van der Waals surface area (Å²) in [5, 5.41) is 21.2. The van der Waals surface area contributed by atoms with Crippen molar-refractivity contribution in [3.05, 3.63) is 45.2 Å². The van der Waals surface area contributed by atoms with E-state index in [0.717, 1.165) is 10.2 Å². The van der Waals surface area contributed by atoms with Gasteiger partial charge < -0.3 is 0 Å². The number of hydrogen-bond acceptors (Lipinski definition) is 5. The molecule has 0 radical (unpaired) electrons. The molecular weight excluding hydrogens is 286 g/mol.